The predicted molar refractivity (Wildman–Crippen MR) is 68.5 cm³/mol. The molecule has 0 aromatic carbocycles. The summed E-state index contributed by atoms with van der Waals surface area (Å²) in [7, 11) is 1.78. The fraction of sp³-hybridized carbons (Fsp3) is 1.00. The van der Waals surface area contributed by atoms with E-state index in [2.05, 4.69) is 25.7 Å². The first-order valence-electron chi connectivity index (χ1n) is 6.51. The third-order valence-corrected chi connectivity index (χ3v) is 4.24. The van der Waals surface area contributed by atoms with Crippen LogP contribution >= 0.6 is 0 Å². The molecule has 2 N–H and O–H groups in total. The molecule has 0 radical (unpaired) electrons. The molecular weight excluding hydrogens is 200 g/mol. The molecule has 16 heavy (non-hydrogen) atoms. The van der Waals surface area contributed by atoms with Gasteiger partial charge in [0.05, 0.1) is 12.1 Å². The van der Waals surface area contributed by atoms with Crippen LogP contribution < -0.4 is 5.73 Å². The molecule has 0 saturated carbocycles. The summed E-state index contributed by atoms with van der Waals surface area (Å²) in [5.74, 6) is 1.40. The molecule has 0 aliphatic carbocycles. The van der Waals surface area contributed by atoms with Crippen LogP contribution in [0.5, 0.6) is 0 Å². The third kappa shape index (κ3) is 2.76. The fourth-order valence-corrected chi connectivity index (χ4v) is 2.75. The van der Waals surface area contributed by atoms with E-state index in [1.807, 2.05) is 0 Å². The van der Waals surface area contributed by atoms with E-state index in [0.717, 1.165) is 12.5 Å². The lowest BCUT2D eigenvalue weighted by Crippen LogP contribution is -2.62. The number of likely N-dealkylation sites (tertiary alicyclic amines) is 1. The lowest BCUT2D eigenvalue weighted by atomic mass is 9.82. The van der Waals surface area contributed by atoms with Crippen LogP contribution in [0.25, 0.3) is 0 Å². The minimum atomic E-state index is 0.0366. The van der Waals surface area contributed by atoms with Gasteiger partial charge in [-0.3, -0.25) is 4.90 Å². The van der Waals surface area contributed by atoms with Crippen LogP contribution in [0.3, 0.4) is 0 Å². The molecule has 1 unspecified atom stereocenters. The van der Waals surface area contributed by atoms with Gasteiger partial charge in [-0.1, -0.05) is 20.8 Å². The molecule has 1 saturated heterocycles. The van der Waals surface area contributed by atoms with Crippen molar-refractivity contribution >= 4 is 0 Å². The topological polar surface area (TPSA) is 38.5 Å². The van der Waals surface area contributed by atoms with Crippen molar-refractivity contribution in [3.63, 3.8) is 0 Å². The van der Waals surface area contributed by atoms with E-state index in [1.54, 1.807) is 7.11 Å². The average molecular weight is 228 g/mol. The van der Waals surface area contributed by atoms with Crippen LogP contribution in [0, 0.1) is 11.8 Å². The van der Waals surface area contributed by atoms with E-state index in [9.17, 15) is 0 Å². The monoisotopic (exact) mass is 228 g/mol. The van der Waals surface area contributed by atoms with E-state index in [0.29, 0.717) is 12.5 Å². The number of rotatable bonds is 5. The van der Waals surface area contributed by atoms with Crippen molar-refractivity contribution < 1.29 is 4.74 Å². The van der Waals surface area contributed by atoms with E-state index < -0.39 is 0 Å². The Morgan fingerprint density at radius 3 is 2.31 bits per heavy atom. The zero-order valence-corrected chi connectivity index (χ0v) is 11.3. The number of nitrogens with zero attached hydrogens (tertiary/aromatic N) is 1. The van der Waals surface area contributed by atoms with Crippen molar-refractivity contribution in [3.05, 3.63) is 0 Å². The van der Waals surface area contributed by atoms with E-state index in [4.69, 9.17) is 10.5 Å². The second kappa shape index (κ2) is 5.99. The third-order valence-electron chi connectivity index (χ3n) is 4.24. The van der Waals surface area contributed by atoms with Gasteiger partial charge >= 0.3 is 0 Å². The van der Waals surface area contributed by atoms with Gasteiger partial charge in [0.1, 0.15) is 0 Å². The van der Waals surface area contributed by atoms with Crippen LogP contribution in [0.1, 0.15) is 33.6 Å². The van der Waals surface area contributed by atoms with Gasteiger partial charge in [-0.15, -0.1) is 0 Å². The first kappa shape index (κ1) is 13.9. The molecule has 96 valence electrons. The maximum atomic E-state index is 6.04. The maximum Gasteiger partial charge on any atom is 0.0661 e. The molecule has 3 nitrogen and oxygen atoms in total. The molecular formula is C13H28N2O. The number of nitrogens with two attached hydrogens (primary N) is 1. The van der Waals surface area contributed by atoms with Crippen molar-refractivity contribution in [3.8, 4) is 0 Å². The summed E-state index contributed by atoms with van der Waals surface area (Å²) in [6.45, 7) is 10.6. The Labute approximate surface area is 100 Å². The van der Waals surface area contributed by atoms with Crippen molar-refractivity contribution in [1.82, 2.24) is 4.90 Å². The standard InChI is InChI=1S/C13H28N2O/c1-11(2)13(9-14,10-16-4)15-7-5-12(3)6-8-15/h11-12H,5-10,14H2,1-4H3. The summed E-state index contributed by atoms with van der Waals surface area (Å²) in [5.41, 5.74) is 6.08. The normalized spacial score (nSPS) is 23.6. The van der Waals surface area contributed by atoms with E-state index in [-0.39, 0.29) is 5.54 Å². The lowest BCUT2D eigenvalue weighted by Gasteiger charge is -2.48. The minimum Gasteiger partial charge on any atom is -0.383 e. The molecule has 1 aliphatic heterocycles. The maximum absolute atomic E-state index is 6.04. The van der Waals surface area contributed by atoms with Gasteiger partial charge in [-0.05, 0) is 37.8 Å². The number of hydrogen-bond acceptors (Lipinski definition) is 3. The Bertz CT molecular complexity index is 200. The minimum absolute atomic E-state index is 0.0366. The van der Waals surface area contributed by atoms with E-state index in [1.165, 1.54) is 25.9 Å². The Hall–Kier alpha value is -0.120. The SMILES string of the molecule is COCC(CN)(C(C)C)N1CCC(C)CC1. The molecule has 3 heteroatoms. The Morgan fingerprint density at radius 2 is 1.94 bits per heavy atom. The molecule has 1 aliphatic rings. The quantitative estimate of drug-likeness (QED) is 0.778. The van der Waals surface area contributed by atoms with Gasteiger partial charge in [-0.25, -0.2) is 0 Å². The molecule has 0 amide bonds. The van der Waals surface area contributed by atoms with Gasteiger partial charge in [0, 0.05) is 13.7 Å². The van der Waals surface area contributed by atoms with Crippen LogP contribution in [-0.4, -0.2) is 43.8 Å². The number of ether oxygens (including phenoxy) is 1. The largest absolute Gasteiger partial charge is 0.383 e. The van der Waals surface area contributed by atoms with Gasteiger partial charge in [0.15, 0.2) is 0 Å². The summed E-state index contributed by atoms with van der Waals surface area (Å²) in [5, 5.41) is 0. The van der Waals surface area contributed by atoms with E-state index >= 15 is 0 Å². The van der Waals surface area contributed by atoms with Gasteiger partial charge in [0.25, 0.3) is 0 Å². The number of methoxy groups -OCH3 is 1. The van der Waals surface area contributed by atoms with Crippen molar-refractivity contribution in [2.75, 3.05) is 33.4 Å². The highest BCUT2D eigenvalue weighted by Gasteiger charge is 2.39. The summed E-state index contributed by atoms with van der Waals surface area (Å²) >= 11 is 0. The smallest absolute Gasteiger partial charge is 0.0661 e. The summed E-state index contributed by atoms with van der Waals surface area (Å²) in [6, 6.07) is 0. The zero-order valence-electron chi connectivity index (χ0n) is 11.3. The van der Waals surface area contributed by atoms with Crippen molar-refractivity contribution in [1.29, 1.82) is 0 Å². The number of piperidine rings is 1. The number of hydrogen-bond donors (Lipinski definition) is 1. The first-order valence-corrected chi connectivity index (χ1v) is 6.51. The highest BCUT2D eigenvalue weighted by Crippen LogP contribution is 2.29. The van der Waals surface area contributed by atoms with Crippen LogP contribution in [0.4, 0.5) is 0 Å². The van der Waals surface area contributed by atoms with Gasteiger partial charge in [0.2, 0.25) is 0 Å². The molecule has 0 aromatic rings. The zero-order chi connectivity index (χ0) is 12.2. The Morgan fingerprint density at radius 1 is 1.38 bits per heavy atom. The van der Waals surface area contributed by atoms with Gasteiger partial charge in [-0.2, -0.15) is 0 Å². The molecule has 1 heterocycles. The summed E-state index contributed by atoms with van der Waals surface area (Å²) in [4.78, 5) is 2.56. The van der Waals surface area contributed by atoms with Crippen molar-refractivity contribution in [2.24, 2.45) is 17.6 Å². The summed E-state index contributed by atoms with van der Waals surface area (Å²) in [6.07, 6.45) is 2.58. The Kier molecular flexibility index (Phi) is 5.22. The predicted octanol–water partition coefficient (Wildman–Crippen LogP) is 1.72. The highest BCUT2D eigenvalue weighted by molar-refractivity contribution is 4.96. The molecule has 1 rings (SSSR count). The molecule has 0 spiro atoms. The summed E-state index contributed by atoms with van der Waals surface area (Å²) < 4.78 is 5.42. The van der Waals surface area contributed by atoms with Crippen molar-refractivity contribution in [2.45, 2.75) is 39.2 Å². The average Bonchev–Trinajstić information content (AvgIpc) is 2.27. The fourth-order valence-electron chi connectivity index (χ4n) is 2.75. The highest BCUT2D eigenvalue weighted by atomic mass is 16.5. The second-order valence-corrected chi connectivity index (χ2v) is 5.56. The van der Waals surface area contributed by atoms with Crippen LogP contribution in [0.2, 0.25) is 0 Å². The van der Waals surface area contributed by atoms with Gasteiger partial charge < -0.3 is 10.5 Å². The molecule has 1 atom stereocenters. The molecule has 0 bridgehead atoms. The first-order chi connectivity index (χ1) is 7.56. The Balaban J connectivity index is 2.75. The second-order valence-electron chi connectivity index (χ2n) is 5.56. The molecule has 1 fully saturated rings. The van der Waals surface area contributed by atoms with Crippen LogP contribution in [0.15, 0.2) is 0 Å². The lowest BCUT2D eigenvalue weighted by molar-refractivity contribution is -0.0319. The molecule has 0 aromatic heterocycles. The van der Waals surface area contributed by atoms with Crippen LogP contribution in [-0.2, 0) is 4.74 Å².